The van der Waals surface area contributed by atoms with Crippen LogP contribution in [-0.2, 0) is 11.0 Å². The van der Waals surface area contributed by atoms with Crippen molar-refractivity contribution >= 4 is 11.5 Å². The normalized spacial score (nSPS) is 13.2. The van der Waals surface area contributed by atoms with Crippen LogP contribution in [0.1, 0.15) is 25.0 Å². The highest BCUT2D eigenvalue weighted by molar-refractivity contribution is 5.99. The van der Waals surface area contributed by atoms with Crippen LogP contribution in [0.25, 0.3) is 5.57 Å². The number of primary amides is 1. The summed E-state index contributed by atoms with van der Waals surface area (Å²) in [6, 6.07) is 4.61. The maximum absolute atomic E-state index is 12.3. The molecular weight excluding hydrogens is 231 g/mol. The summed E-state index contributed by atoms with van der Waals surface area (Å²) in [6.07, 6.45) is -4.35. The van der Waals surface area contributed by atoms with Crippen molar-refractivity contribution in [3.8, 4) is 0 Å². The molecule has 1 aromatic carbocycles. The third kappa shape index (κ3) is 3.09. The molecule has 0 saturated carbocycles. The van der Waals surface area contributed by atoms with Gasteiger partial charge >= 0.3 is 6.18 Å². The zero-order chi connectivity index (χ0) is 13.2. The predicted octanol–water partition coefficient (Wildman–Crippen LogP) is 2.98. The average Bonchev–Trinajstić information content (AvgIpc) is 2.26. The van der Waals surface area contributed by atoms with Crippen LogP contribution in [0.4, 0.5) is 13.2 Å². The number of hydrogen-bond acceptors (Lipinski definition) is 1. The van der Waals surface area contributed by atoms with E-state index < -0.39 is 17.6 Å². The highest BCUT2D eigenvalue weighted by Crippen LogP contribution is 2.30. The highest BCUT2D eigenvalue weighted by atomic mass is 19.4. The lowest BCUT2D eigenvalue weighted by Crippen LogP contribution is -2.13. The van der Waals surface area contributed by atoms with Gasteiger partial charge in [-0.25, -0.2) is 0 Å². The molecule has 1 aromatic rings. The second-order valence-corrected chi connectivity index (χ2v) is 3.69. The van der Waals surface area contributed by atoms with Gasteiger partial charge in [-0.1, -0.05) is 12.1 Å². The van der Waals surface area contributed by atoms with E-state index in [9.17, 15) is 18.0 Å². The minimum atomic E-state index is -4.35. The summed E-state index contributed by atoms with van der Waals surface area (Å²) in [4.78, 5) is 10.9. The van der Waals surface area contributed by atoms with Gasteiger partial charge in [0.2, 0.25) is 5.91 Å². The Labute approximate surface area is 96.9 Å². The zero-order valence-corrected chi connectivity index (χ0v) is 9.43. The first-order valence-corrected chi connectivity index (χ1v) is 4.88. The number of carbonyl (C=O) groups excluding carboxylic acids is 1. The molecule has 5 heteroatoms. The van der Waals surface area contributed by atoms with Crippen molar-refractivity contribution in [1.82, 2.24) is 0 Å². The zero-order valence-electron chi connectivity index (χ0n) is 9.43. The van der Waals surface area contributed by atoms with Crippen molar-refractivity contribution in [3.63, 3.8) is 0 Å². The number of benzene rings is 1. The van der Waals surface area contributed by atoms with Crippen LogP contribution in [0.15, 0.2) is 29.8 Å². The van der Waals surface area contributed by atoms with Crippen molar-refractivity contribution in [3.05, 3.63) is 41.0 Å². The van der Waals surface area contributed by atoms with Crippen LogP contribution < -0.4 is 5.73 Å². The Morgan fingerprint density at radius 3 is 1.94 bits per heavy atom. The Bertz CT molecular complexity index is 458. The van der Waals surface area contributed by atoms with Gasteiger partial charge in [0, 0.05) is 5.57 Å². The van der Waals surface area contributed by atoms with Gasteiger partial charge < -0.3 is 5.73 Å². The summed E-state index contributed by atoms with van der Waals surface area (Å²) in [5.74, 6) is -0.581. The predicted molar refractivity (Wildman–Crippen MR) is 58.9 cm³/mol. The van der Waals surface area contributed by atoms with E-state index in [0.29, 0.717) is 16.7 Å². The molecule has 0 spiro atoms. The fraction of sp³-hybridized carbons (Fsp3) is 0.250. The maximum Gasteiger partial charge on any atom is 0.416 e. The summed E-state index contributed by atoms with van der Waals surface area (Å²) < 4.78 is 37.0. The molecule has 0 bridgehead atoms. The summed E-state index contributed by atoms with van der Waals surface area (Å²) in [6.45, 7) is 3.18. The Hall–Kier alpha value is -1.78. The van der Waals surface area contributed by atoms with E-state index in [0.717, 1.165) is 12.1 Å². The van der Waals surface area contributed by atoms with E-state index in [4.69, 9.17) is 5.73 Å². The van der Waals surface area contributed by atoms with Gasteiger partial charge in [-0.3, -0.25) is 4.79 Å². The van der Waals surface area contributed by atoms with Gasteiger partial charge in [0.15, 0.2) is 0 Å². The first-order chi connectivity index (χ1) is 7.73. The largest absolute Gasteiger partial charge is 0.416 e. The summed E-state index contributed by atoms with van der Waals surface area (Å²) in [5.41, 5.74) is 5.84. The monoisotopic (exact) mass is 243 g/mol. The first kappa shape index (κ1) is 13.3. The van der Waals surface area contributed by atoms with Gasteiger partial charge in [-0.05, 0) is 37.1 Å². The second kappa shape index (κ2) is 4.61. The number of rotatable bonds is 2. The quantitative estimate of drug-likeness (QED) is 0.797. The van der Waals surface area contributed by atoms with Crippen molar-refractivity contribution in [2.45, 2.75) is 20.0 Å². The third-order valence-electron chi connectivity index (χ3n) is 2.58. The van der Waals surface area contributed by atoms with Gasteiger partial charge in [-0.15, -0.1) is 0 Å². The number of carbonyl (C=O) groups is 1. The molecule has 17 heavy (non-hydrogen) atoms. The van der Waals surface area contributed by atoms with Crippen LogP contribution in [0.3, 0.4) is 0 Å². The topological polar surface area (TPSA) is 43.1 Å². The average molecular weight is 243 g/mol. The second-order valence-electron chi connectivity index (χ2n) is 3.69. The lowest BCUT2D eigenvalue weighted by Gasteiger charge is -2.09. The molecule has 0 saturated heterocycles. The van der Waals surface area contributed by atoms with Crippen LogP contribution in [0.2, 0.25) is 0 Å². The Morgan fingerprint density at radius 1 is 1.12 bits per heavy atom. The molecule has 92 valence electrons. The van der Waals surface area contributed by atoms with Crippen molar-refractivity contribution < 1.29 is 18.0 Å². The molecule has 0 heterocycles. The van der Waals surface area contributed by atoms with Crippen molar-refractivity contribution in [2.75, 3.05) is 0 Å². The van der Waals surface area contributed by atoms with Crippen LogP contribution in [-0.4, -0.2) is 5.91 Å². The molecule has 2 nitrogen and oxygen atoms in total. The molecular formula is C12H12F3NO. The molecule has 0 fully saturated rings. The number of hydrogen-bond donors (Lipinski definition) is 1. The molecule has 0 aliphatic carbocycles. The Morgan fingerprint density at radius 2 is 1.59 bits per heavy atom. The van der Waals surface area contributed by atoms with Crippen LogP contribution in [0.5, 0.6) is 0 Å². The first-order valence-electron chi connectivity index (χ1n) is 4.88. The smallest absolute Gasteiger partial charge is 0.366 e. The maximum atomic E-state index is 12.3. The van der Waals surface area contributed by atoms with Gasteiger partial charge in [-0.2, -0.15) is 13.2 Å². The number of alkyl halides is 3. The number of nitrogens with two attached hydrogens (primary N) is 1. The lowest BCUT2D eigenvalue weighted by atomic mass is 10.0. The van der Waals surface area contributed by atoms with E-state index in [2.05, 4.69) is 0 Å². The van der Waals surface area contributed by atoms with E-state index in [1.807, 2.05) is 0 Å². The van der Waals surface area contributed by atoms with Crippen LogP contribution in [0, 0.1) is 0 Å². The summed E-state index contributed by atoms with van der Waals surface area (Å²) >= 11 is 0. The standard InChI is InChI=1S/C12H12F3NO/c1-7(8(2)11(16)17)9-3-5-10(6-4-9)12(13,14)15/h3-6H,1-2H3,(H2,16,17). The fourth-order valence-corrected chi connectivity index (χ4v) is 1.31. The van der Waals surface area contributed by atoms with E-state index in [1.54, 1.807) is 6.92 Å². The summed E-state index contributed by atoms with van der Waals surface area (Å²) in [7, 11) is 0. The molecule has 2 N–H and O–H groups in total. The van der Waals surface area contributed by atoms with Crippen molar-refractivity contribution in [1.29, 1.82) is 0 Å². The minimum Gasteiger partial charge on any atom is -0.366 e. The number of halogens is 3. The molecule has 0 aromatic heterocycles. The lowest BCUT2D eigenvalue weighted by molar-refractivity contribution is -0.137. The van der Waals surface area contributed by atoms with E-state index in [-0.39, 0.29) is 0 Å². The molecule has 1 rings (SSSR count). The van der Waals surface area contributed by atoms with Gasteiger partial charge in [0.25, 0.3) is 0 Å². The highest BCUT2D eigenvalue weighted by Gasteiger charge is 2.29. The van der Waals surface area contributed by atoms with E-state index >= 15 is 0 Å². The third-order valence-corrected chi connectivity index (χ3v) is 2.58. The molecule has 0 unspecified atom stereocenters. The fourth-order valence-electron chi connectivity index (χ4n) is 1.31. The Kier molecular flexibility index (Phi) is 3.60. The number of amides is 1. The van der Waals surface area contributed by atoms with Gasteiger partial charge in [0.05, 0.1) is 5.56 Å². The molecule has 1 amide bonds. The Balaban J connectivity index is 3.12. The summed E-state index contributed by atoms with van der Waals surface area (Å²) in [5, 5.41) is 0. The van der Waals surface area contributed by atoms with Gasteiger partial charge in [0.1, 0.15) is 0 Å². The SMILES string of the molecule is CC(C(N)=O)=C(C)c1ccc(C(F)(F)F)cc1. The van der Waals surface area contributed by atoms with Crippen molar-refractivity contribution in [2.24, 2.45) is 5.73 Å². The molecule has 0 aliphatic heterocycles. The molecule has 0 atom stereocenters. The number of allylic oxidation sites excluding steroid dienone is 1. The minimum absolute atomic E-state index is 0.338. The van der Waals surface area contributed by atoms with E-state index in [1.165, 1.54) is 19.1 Å². The molecule has 0 aliphatic rings. The van der Waals surface area contributed by atoms with Crippen LogP contribution >= 0.6 is 0 Å². The molecule has 0 radical (unpaired) electrons.